The number of carbonyl (C=O) groups excluding carboxylic acids is 3. The van der Waals surface area contributed by atoms with Crippen LogP contribution in [0.15, 0.2) is 41.6 Å². The first kappa shape index (κ1) is 30.4. The molecule has 9 nitrogen and oxygen atoms in total. The van der Waals surface area contributed by atoms with Gasteiger partial charge in [0.1, 0.15) is 23.9 Å². The number of hydrogen-bond acceptors (Lipinski definition) is 7. The molecule has 0 aliphatic carbocycles. The predicted octanol–water partition coefficient (Wildman–Crippen LogP) is 4.89. The van der Waals surface area contributed by atoms with Crippen molar-refractivity contribution in [3.05, 3.63) is 52.9 Å². The zero-order valence-electron chi connectivity index (χ0n) is 24.3. The minimum Gasteiger partial charge on any atom is -0.511 e. The first-order chi connectivity index (χ1) is 19.6. The number of aromatic nitrogens is 1. The fourth-order valence-corrected chi connectivity index (χ4v) is 6.54. The Balaban J connectivity index is 1.41. The van der Waals surface area contributed by atoms with Crippen molar-refractivity contribution in [1.82, 2.24) is 20.1 Å². The normalized spacial score (nSPS) is 19.7. The third-order valence-electron chi connectivity index (χ3n) is 8.22. The molecule has 3 heterocycles. The van der Waals surface area contributed by atoms with Gasteiger partial charge in [0.05, 0.1) is 28.0 Å². The lowest BCUT2D eigenvalue weighted by Gasteiger charge is -2.32. The van der Waals surface area contributed by atoms with Gasteiger partial charge in [-0.05, 0) is 56.6 Å². The number of nitrogens with zero attached hydrogens (tertiary/aromatic N) is 3. The monoisotopic (exact) mass is 579 g/mol. The maximum atomic E-state index is 13.7. The van der Waals surface area contributed by atoms with Crippen molar-refractivity contribution in [2.24, 2.45) is 17.8 Å². The molecule has 1 unspecified atom stereocenters. The van der Waals surface area contributed by atoms with Crippen LogP contribution in [-0.4, -0.2) is 69.5 Å². The number of carbonyl (C=O) groups is 3. The molecule has 1 aromatic heterocycles. The van der Waals surface area contributed by atoms with Crippen molar-refractivity contribution in [1.29, 1.82) is 5.41 Å². The number of likely N-dealkylation sites (tertiary alicyclic amines) is 2. The fraction of sp³-hybridized carbons (Fsp3) is 0.516. The van der Waals surface area contributed by atoms with E-state index < -0.39 is 12.0 Å². The van der Waals surface area contributed by atoms with Gasteiger partial charge >= 0.3 is 0 Å². The SMILES string of the molecule is Cc1ncsc1-c1ccc([C@H](C)NC(=O)[C@@H]2CCCN2C(=O)C(/C(O)=C/C(=N)N2CCC(C=O)CC2)C(C)C)cc1. The van der Waals surface area contributed by atoms with E-state index in [0.717, 1.165) is 28.0 Å². The Morgan fingerprint density at radius 1 is 1.12 bits per heavy atom. The molecular weight excluding hydrogens is 538 g/mol. The number of aliphatic hydroxyl groups excluding tert-OH is 1. The number of nitrogens with one attached hydrogen (secondary N) is 2. The van der Waals surface area contributed by atoms with Crippen LogP contribution in [0.4, 0.5) is 0 Å². The molecule has 220 valence electrons. The number of aldehydes is 1. The highest BCUT2D eigenvalue weighted by Crippen LogP contribution is 2.30. The van der Waals surface area contributed by atoms with Gasteiger partial charge in [-0.3, -0.25) is 15.0 Å². The van der Waals surface area contributed by atoms with E-state index in [1.807, 2.05) is 62.4 Å². The van der Waals surface area contributed by atoms with Gasteiger partial charge in [0.15, 0.2) is 0 Å². The Morgan fingerprint density at radius 3 is 2.39 bits per heavy atom. The summed E-state index contributed by atoms with van der Waals surface area (Å²) in [6, 6.07) is 7.23. The second-order valence-electron chi connectivity index (χ2n) is 11.4. The van der Waals surface area contributed by atoms with Crippen molar-refractivity contribution in [2.45, 2.75) is 65.5 Å². The van der Waals surface area contributed by atoms with Gasteiger partial charge in [-0.2, -0.15) is 0 Å². The summed E-state index contributed by atoms with van der Waals surface area (Å²) in [6.07, 6.45) is 4.93. The summed E-state index contributed by atoms with van der Waals surface area (Å²) >= 11 is 1.60. The van der Waals surface area contributed by atoms with Gasteiger partial charge in [-0.15, -0.1) is 11.3 Å². The summed E-state index contributed by atoms with van der Waals surface area (Å²) in [5, 5.41) is 22.6. The van der Waals surface area contributed by atoms with Crippen molar-refractivity contribution in [3.63, 3.8) is 0 Å². The first-order valence-electron chi connectivity index (χ1n) is 14.4. The van der Waals surface area contributed by atoms with Crippen molar-refractivity contribution >= 4 is 35.3 Å². The maximum Gasteiger partial charge on any atom is 0.243 e. The van der Waals surface area contributed by atoms with Crippen LogP contribution in [0.1, 0.15) is 63.8 Å². The Kier molecular flexibility index (Phi) is 9.96. The second-order valence-corrected chi connectivity index (χ2v) is 12.3. The van der Waals surface area contributed by atoms with E-state index in [1.54, 1.807) is 16.2 Å². The second kappa shape index (κ2) is 13.4. The highest BCUT2D eigenvalue weighted by Gasteiger charge is 2.40. The molecule has 2 aliphatic rings. The minimum atomic E-state index is -0.851. The number of piperidine rings is 1. The van der Waals surface area contributed by atoms with Crippen LogP contribution >= 0.6 is 11.3 Å². The molecule has 1 aromatic carbocycles. The molecule has 2 saturated heterocycles. The van der Waals surface area contributed by atoms with Crippen LogP contribution in [0.3, 0.4) is 0 Å². The summed E-state index contributed by atoms with van der Waals surface area (Å²) in [5.41, 5.74) is 4.88. The average Bonchev–Trinajstić information content (AvgIpc) is 3.62. The number of benzene rings is 1. The fourth-order valence-electron chi connectivity index (χ4n) is 5.73. The van der Waals surface area contributed by atoms with Crippen LogP contribution in [0, 0.1) is 30.1 Å². The summed E-state index contributed by atoms with van der Waals surface area (Å²) in [7, 11) is 0. The Hall–Kier alpha value is -3.53. The molecule has 0 saturated carbocycles. The molecule has 0 radical (unpaired) electrons. The van der Waals surface area contributed by atoms with Crippen molar-refractivity contribution < 1.29 is 19.5 Å². The predicted molar refractivity (Wildman–Crippen MR) is 161 cm³/mol. The van der Waals surface area contributed by atoms with Crippen molar-refractivity contribution in [2.75, 3.05) is 19.6 Å². The molecule has 0 bridgehead atoms. The summed E-state index contributed by atoms with van der Waals surface area (Å²) in [6.45, 7) is 9.20. The van der Waals surface area contributed by atoms with Gasteiger partial charge in [0, 0.05) is 31.6 Å². The van der Waals surface area contributed by atoms with E-state index in [2.05, 4.69) is 10.3 Å². The molecule has 2 fully saturated rings. The van der Waals surface area contributed by atoms with Crippen LogP contribution in [0.2, 0.25) is 0 Å². The molecular formula is C31H41N5O4S. The third kappa shape index (κ3) is 7.04. The van der Waals surface area contributed by atoms with Crippen LogP contribution < -0.4 is 5.32 Å². The van der Waals surface area contributed by atoms with Crippen LogP contribution in [0.25, 0.3) is 10.4 Å². The van der Waals surface area contributed by atoms with E-state index in [1.165, 1.54) is 6.08 Å². The highest BCUT2D eigenvalue weighted by molar-refractivity contribution is 7.13. The first-order valence-corrected chi connectivity index (χ1v) is 15.3. The van der Waals surface area contributed by atoms with Crippen LogP contribution in [-0.2, 0) is 14.4 Å². The lowest BCUT2D eigenvalue weighted by Crippen LogP contribution is -2.49. The number of aryl methyl sites for hydroxylation is 1. The van der Waals surface area contributed by atoms with Gasteiger partial charge in [-0.1, -0.05) is 38.1 Å². The van der Waals surface area contributed by atoms with Gasteiger partial charge in [-0.25, -0.2) is 4.98 Å². The van der Waals surface area contributed by atoms with Gasteiger partial charge in [0.2, 0.25) is 11.8 Å². The number of rotatable bonds is 9. The lowest BCUT2D eigenvalue weighted by molar-refractivity contribution is -0.142. The van der Waals surface area contributed by atoms with Crippen molar-refractivity contribution in [3.8, 4) is 10.4 Å². The Morgan fingerprint density at radius 2 is 1.80 bits per heavy atom. The van der Waals surface area contributed by atoms with Crippen LogP contribution in [0.5, 0.6) is 0 Å². The average molecular weight is 580 g/mol. The summed E-state index contributed by atoms with van der Waals surface area (Å²) in [5.74, 6) is -1.60. The molecule has 2 aliphatic heterocycles. The molecule has 2 amide bonds. The zero-order valence-corrected chi connectivity index (χ0v) is 25.1. The third-order valence-corrected chi connectivity index (χ3v) is 9.20. The van der Waals surface area contributed by atoms with Gasteiger partial charge in [0.25, 0.3) is 0 Å². The maximum absolute atomic E-state index is 13.7. The Bertz CT molecular complexity index is 1280. The standard InChI is InChI=1S/C31H41N5O4S/c1-19(2)28(26(38)16-27(32)35-14-11-22(17-37)12-15-35)31(40)36-13-5-6-25(36)30(39)34-20(3)23-7-9-24(10-8-23)29-21(4)33-18-41-29/h7-10,16-20,22,25,28,32,38H,5-6,11-15H2,1-4H3,(H,34,39)/b26-16-,32-27?/t20-,25-,28?/m0/s1. The van der Waals surface area contributed by atoms with E-state index in [0.29, 0.717) is 45.3 Å². The van der Waals surface area contributed by atoms with E-state index in [9.17, 15) is 19.5 Å². The van der Waals surface area contributed by atoms with E-state index in [4.69, 9.17) is 5.41 Å². The molecule has 3 atom stereocenters. The molecule has 3 N–H and O–H groups in total. The molecule has 10 heteroatoms. The summed E-state index contributed by atoms with van der Waals surface area (Å²) in [4.78, 5) is 47.0. The molecule has 41 heavy (non-hydrogen) atoms. The number of hydrogen-bond donors (Lipinski definition) is 3. The topological polar surface area (TPSA) is 127 Å². The lowest BCUT2D eigenvalue weighted by atomic mass is 9.91. The molecule has 4 rings (SSSR count). The van der Waals surface area contributed by atoms with E-state index >= 15 is 0 Å². The smallest absolute Gasteiger partial charge is 0.243 e. The number of aliphatic hydroxyl groups is 1. The largest absolute Gasteiger partial charge is 0.511 e. The van der Waals surface area contributed by atoms with E-state index in [-0.39, 0.29) is 41.3 Å². The minimum absolute atomic E-state index is 0.00925. The number of thiazole rings is 1. The molecule has 0 spiro atoms. The zero-order chi connectivity index (χ0) is 29.7. The highest BCUT2D eigenvalue weighted by atomic mass is 32.1. The quantitative estimate of drug-likeness (QED) is 0.168. The Labute approximate surface area is 246 Å². The summed E-state index contributed by atoms with van der Waals surface area (Å²) < 4.78 is 0. The van der Waals surface area contributed by atoms with Gasteiger partial charge < -0.3 is 25.0 Å². The number of amidine groups is 1. The molecule has 2 aromatic rings. The number of amides is 2.